The van der Waals surface area contributed by atoms with Crippen molar-refractivity contribution in [1.29, 1.82) is 0 Å². The topological polar surface area (TPSA) is 49.4 Å². The van der Waals surface area contributed by atoms with E-state index in [-0.39, 0.29) is 17.7 Å². The maximum absolute atomic E-state index is 12.3. The normalized spacial score (nSPS) is 19.4. The summed E-state index contributed by atoms with van der Waals surface area (Å²) in [5.74, 6) is 0.621. The molecule has 0 radical (unpaired) electrons. The van der Waals surface area contributed by atoms with E-state index >= 15 is 0 Å². The number of para-hydroxylation sites is 1. The molecule has 2 amide bonds. The SMILES string of the molecule is O=C(Nc1ccccc1Br)C1CCN(C(=O)C2CC2)CC1. The predicted molar refractivity (Wildman–Crippen MR) is 84.8 cm³/mol. The number of carbonyl (C=O) groups is 2. The van der Waals surface area contributed by atoms with Crippen LogP contribution in [0.15, 0.2) is 28.7 Å². The van der Waals surface area contributed by atoms with E-state index in [0.717, 1.165) is 35.8 Å². The van der Waals surface area contributed by atoms with Crippen LogP contribution in [0.5, 0.6) is 0 Å². The number of nitrogens with zero attached hydrogens (tertiary/aromatic N) is 1. The Balaban J connectivity index is 1.53. The van der Waals surface area contributed by atoms with Gasteiger partial charge >= 0.3 is 0 Å². The first-order valence-electron chi connectivity index (χ1n) is 7.49. The van der Waals surface area contributed by atoms with Crippen molar-refractivity contribution in [1.82, 2.24) is 4.90 Å². The molecule has 1 aromatic rings. The summed E-state index contributed by atoms with van der Waals surface area (Å²) in [7, 11) is 0. The smallest absolute Gasteiger partial charge is 0.227 e. The average molecular weight is 351 g/mol. The lowest BCUT2D eigenvalue weighted by molar-refractivity contribution is -0.135. The van der Waals surface area contributed by atoms with E-state index in [2.05, 4.69) is 21.2 Å². The van der Waals surface area contributed by atoms with E-state index in [4.69, 9.17) is 0 Å². The Bertz CT molecular complexity index is 549. The van der Waals surface area contributed by atoms with Crippen LogP contribution in [0, 0.1) is 11.8 Å². The predicted octanol–water partition coefficient (Wildman–Crippen LogP) is 3.04. The Morgan fingerprint density at radius 2 is 1.71 bits per heavy atom. The lowest BCUT2D eigenvalue weighted by Gasteiger charge is -2.31. The zero-order chi connectivity index (χ0) is 14.8. The van der Waals surface area contributed by atoms with Crippen LogP contribution < -0.4 is 5.32 Å². The van der Waals surface area contributed by atoms with Crippen LogP contribution in [0.3, 0.4) is 0 Å². The first-order chi connectivity index (χ1) is 10.1. The van der Waals surface area contributed by atoms with Crippen molar-refractivity contribution < 1.29 is 9.59 Å². The van der Waals surface area contributed by atoms with Gasteiger partial charge in [0.1, 0.15) is 0 Å². The molecule has 0 unspecified atom stereocenters. The molecule has 2 aliphatic rings. The van der Waals surface area contributed by atoms with Gasteiger partial charge in [0.25, 0.3) is 0 Å². The Kier molecular flexibility index (Phi) is 4.29. The number of rotatable bonds is 3. The number of likely N-dealkylation sites (tertiary alicyclic amines) is 1. The van der Waals surface area contributed by atoms with Gasteiger partial charge in [-0.2, -0.15) is 0 Å². The van der Waals surface area contributed by atoms with Crippen LogP contribution in [0.2, 0.25) is 0 Å². The molecule has 1 aliphatic carbocycles. The van der Waals surface area contributed by atoms with Crippen molar-refractivity contribution in [2.75, 3.05) is 18.4 Å². The Labute approximate surface area is 133 Å². The molecule has 0 atom stereocenters. The molecule has 3 rings (SSSR count). The molecule has 2 fully saturated rings. The summed E-state index contributed by atoms with van der Waals surface area (Å²) in [5, 5.41) is 2.97. The van der Waals surface area contributed by atoms with Gasteiger partial charge in [-0.3, -0.25) is 9.59 Å². The van der Waals surface area contributed by atoms with E-state index in [1.54, 1.807) is 0 Å². The fourth-order valence-electron chi connectivity index (χ4n) is 2.75. The number of benzene rings is 1. The molecule has 5 heteroatoms. The fourth-order valence-corrected chi connectivity index (χ4v) is 3.13. The van der Waals surface area contributed by atoms with E-state index in [0.29, 0.717) is 19.0 Å². The van der Waals surface area contributed by atoms with Gasteiger partial charge in [0.2, 0.25) is 11.8 Å². The zero-order valence-corrected chi connectivity index (χ0v) is 13.4. The van der Waals surface area contributed by atoms with Crippen LogP contribution in [-0.4, -0.2) is 29.8 Å². The third-order valence-corrected chi connectivity index (χ3v) is 4.93. The molecule has 0 aromatic heterocycles. The van der Waals surface area contributed by atoms with Gasteiger partial charge in [0, 0.05) is 29.4 Å². The minimum Gasteiger partial charge on any atom is -0.342 e. The van der Waals surface area contributed by atoms with Gasteiger partial charge in [-0.25, -0.2) is 0 Å². The largest absolute Gasteiger partial charge is 0.342 e. The number of halogens is 1. The second-order valence-corrected chi connectivity index (χ2v) is 6.70. The Morgan fingerprint density at radius 1 is 1.05 bits per heavy atom. The molecule has 0 spiro atoms. The quantitative estimate of drug-likeness (QED) is 0.910. The van der Waals surface area contributed by atoms with Crippen molar-refractivity contribution in [2.24, 2.45) is 11.8 Å². The van der Waals surface area contributed by atoms with Crippen molar-refractivity contribution in [2.45, 2.75) is 25.7 Å². The van der Waals surface area contributed by atoms with E-state index in [1.807, 2.05) is 29.2 Å². The second kappa shape index (κ2) is 6.18. The van der Waals surface area contributed by atoms with Crippen LogP contribution in [0.1, 0.15) is 25.7 Å². The Hall–Kier alpha value is -1.36. The standard InChI is InChI=1S/C16H19BrN2O2/c17-13-3-1-2-4-14(13)18-15(20)11-7-9-19(10-8-11)16(21)12-5-6-12/h1-4,11-12H,5-10H2,(H,18,20). The maximum atomic E-state index is 12.3. The highest BCUT2D eigenvalue weighted by Gasteiger charge is 2.35. The van der Waals surface area contributed by atoms with Crippen molar-refractivity contribution >= 4 is 33.4 Å². The highest BCUT2D eigenvalue weighted by molar-refractivity contribution is 9.10. The summed E-state index contributed by atoms with van der Waals surface area (Å²) >= 11 is 3.43. The number of carbonyl (C=O) groups excluding carboxylic acids is 2. The lowest BCUT2D eigenvalue weighted by atomic mass is 9.95. The van der Waals surface area contributed by atoms with Crippen LogP contribution >= 0.6 is 15.9 Å². The molecule has 1 aromatic carbocycles. The first-order valence-corrected chi connectivity index (χ1v) is 8.28. The van der Waals surface area contributed by atoms with Gasteiger partial charge in [0.05, 0.1) is 5.69 Å². The van der Waals surface area contributed by atoms with Gasteiger partial charge in [-0.05, 0) is 53.7 Å². The average Bonchev–Trinajstić information content (AvgIpc) is 3.34. The summed E-state index contributed by atoms with van der Waals surface area (Å²) < 4.78 is 0.889. The minimum atomic E-state index is 0.000333. The fraction of sp³-hybridized carbons (Fsp3) is 0.500. The van der Waals surface area contributed by atoms with E-state index in [1.165, 1.54) is 0 Å². The summed E-state index contributed by atoms with van der Waals surface area (Å²) in [6.45, 7) is 1.42. The van der Waals surface area contributed by atoms with Crippen LogP contribution in [-0.2, 0) is 9.59 Å². The van der Waals surface area contributed by atoms with E-state index in [9.17, 15) is 9.59 Å². The number of nitrogens with one attached hydrogen (secondary N) is 1. The number of hydrogen-bond donors (Lipinski definition) is 1. The number of hydrogen-bond acceptors (Lipinski definition) is 2. The summed E-state index contributed by atoms with van der Waals surface area (Å²) in [6, 6.07) is 7.61. The molecule has 21 heavy (non-hydrogen) atoms. The van der Waals surface area contributed by atoms with Gasteiger partial charge in [-0.15, -0.1) is 0 Å². The third-order valence-electron chi connectivity index (χ3n) is 4.24. The van der Waals surface area contributed by atoms with Gasteiger partial charge in [0.15, 0.2) is 0 Å². The zero-order valence-electron chi connectivity index (χ0n) is 11.8. The monoisotopic (exact) mass is 350 g/mol. The summed E-state index contributed by atoms with van der Waals surface area (Å²) in [6.07, 6.45) is 3.60. The second-order valence-electron chi connectivity index (χ2n) is 5.84. The molecule has 1 saturated heterocycles. The van der Waals surface area contributed by atoms with E-state index < -0.39 is 0 Å². The number of piperidine rings is 1. The lowest BCUT2D eigenvalue weighted by Crippen LogP contribution is -2.42. The molecule has 1 heterocycles. The molecule has 4 nitrogen and oxygen atoms in total. The minimum absolute atomic E-state index is 0.000333. The maximum Gasteiger partial charge on any atom is 0.227 e. The molecule has 0 bridgehead atoms. The molecular weight excluding hydrogens is 332 g/mol. The summed E-state index contributed by atoms with van der Waals surface area (Å²) in [4.78, 5) is 26.2. The number of amides is 2. The summed E-state index contributed by atoms with van der Waals surface area (Å²) in [5.41, 5.74) is 0.805. The molecule has 1 N–H and O–H groups in total. The van der Waals surface area contributed by atoms with Crippen LogP contribution in [0.4, 0.5) is 5.69 Å². The molecule has 112 valence electrons. The van der Waals surface area contributed by atoms with Crippen molar-refractivity contribution in [3.63, 3.8) is 0 Å². The molecule has 1 saturated carbocycles. The van der Waals surface area contributed by atoms with Crippen molar-refractivity contribution in [3.05, 3.63) is 28.7 Å². The first kappa shape index (κ1) is 14.6. The highest BCUT2D eigenvalue weighted by atomic mass is 79.9. The Morgan fingerprint density at radius 3 is 2.33 bits per heavy atom. The molecular formula is C16H19BrN2O2. The van der Waals surface area contributed by atoms with Crippen molar-refractivity contribution in [3.8, 4) is 0 Å². The third kappa shape index (κ3) is 3.46. The van der Waals surface area contributed by atoms with Gasteiger partial charge < -0.3 is 10.2 Å². The molecule has 1 aliphatic heterocycles. The van der Waals surface area contributed by atoms with Crippen LogP contribution in [0.25, 0.3) is 0 Å². The highest BCUT2D eigenvalue weighted by Crippen LogP contribution is 2.32. The number of anilines is 1. The van der Waals surface area contributed by atoms with Gasteiger partial charge in [-0.1, -0.05) is 12.1 Å².